The summed E-state index contributed by atoms with van der Waals surface area (Å²) in [5, 5.41) is 12.0. The monoisotopic (exact) mass is 205 g/mol. The lowest BCUT2D eigenvalue weighted by Crippen LogP contribution is -2.21. The van der Waals surface area contributed by atoms with E-state index in [1.54, 1.807) is 18.7 Å². The maximum absolute atomic E-state index is 10.6. The van der Waals surface area contributed by atoms with Crippen LogP contribution in [0, 0.1) is 0 Å². The van der Waals surface area contributed by atoms with E-state index in [1.807, 2.05) is 6.92 Å². The van der Waals surface area contributed by atoms with Crippen molar-refractivity contribution in [2.24, 2.45) is 0 Å². The molecule has 4 nitrogen and oxygen atoms in total. The van der Waals surface area contributed by atoms with Crippen molar-refractivity contribution in [2.75, 3.05) is 12.3 Å². The lowest BCUT2D eigenvalue weighted by molar-refractivity contribution is 0.150. The molecule has 1 rings (SSSR count). The number of ether oxygens (including phenoxy) is 1. The summed E-state index contributed by atoms with van der Waals surface area (Å²) in [7, 11) is 0. The van der Waals surface area contributed by atoms with E-state index < -0.39 is 0 Å². The number of aliphatic hydroxyl groups excluding tert-OH is 1. The second kappa shape index (κ2) is 4.72. The Balaban J connectivity index is 2.16. The summed E-state index contributed by atoms with van der Waals surface area (Å²) in [5.41, 5.74) is 0. The Kier molecular flexibility index (Phi) is 3.87. The Morgan fingerprint density at radius 2 is 2.46 bits per heavy atom. The number of alkyl carbamates (subject to hydrolysis) is 1. The van der Waals surface area contributed by atoms with Gasteiger partial charge in [-0.3, -0.25) is 0 Å². The maximum Gasteiger partial charge on any atom is 0.407 e. The average molecular weight is 205 g/mol. The van der Waals surface area contributed by atoms with Crippen molar-refractivity contribution in [3.63, 3.8) is 0 Å². The number of carbonyl (C=O) groups is 1. The van der Waals surface area contributed by atoms with Gasteiger partial charge >= 0.3 is 6.09 Å². The van der Waals surface area contributed by atoms with E-state index in [-0.39, 0.29) is 23.6 Å². The lowest BCUT2D eigenvalue weighted by Gasteiger charge is -2.15. The quantitative estimate of drug-likeness (QED) is 0.705. The molecule has 5 heteroatoms. The molecule has 0 aromatic rings. The molecule has 1 amide bonds. The van der Waals surface area contributed by atoms with Crippen molar-refractivity contribution in [3.8, 4) is 0 Å². The van der Waals surface area contributed by atoms with Crippen molar-refractivity contribution in [1.82, 2.24) is 5.32 Å². The van der Waals surface area contributed by atoms with Gasteiger partial charge in [-0.15, -0.1) is 0 Å². The number of hydrogen-bond acceptors (Lipinski definition) is 4. The van der Waals surface area contributed by atoms with Gasteiger partial charge in [-0.05, 0) is 6.92 Å². The Hall–Kier alpha value is -0.420. The zero-order valence-corrected chi connectivity index (χ0v) is 8.63. The SMILES string of the molecule is CC(O)C(C)SCC1CNC(=O)O1. The highest BCUT2D eigenvalue weighted by molar-refractivity contribution is 7.99. The van der Waals surface area contributed by atoms with Gasteiger partial charge in [0.05, 0.1) is 12.6 Å². The van der Waals surface area contributed by atoms with E-state index in [2.05, 4.69) is 5.32 Å². The predicted molar refractivity (Wildman–Crippen MR) is 51.9 cm³/mol. The van der Waals surface area contributed by atoms with Crippen molar-refractivity contribution in [1.29, 1.82) is 0 Å². The second-order valence-electron chi connectivity index (χ2n) is 3.19. The van der Waals surface area contributed by atoms with E-state index in [1.165, 1.54) is 0 Å². The minimum Gasteiger partial charge on any atom is -0.443 e. The molecule has 0 spiro atoms. The van der Waals surface area contributed by atoms with Crippen LogP contribution in [-0.2, 0) is 4.74 Å². The minimum atomic E-state index is -0.338. The fraction of sp³-hybridized carbons (Fsp3) is 0.875. The Bertz CT molecular complexity index is 186. The fourth-order valence-corrected chi connectivity index (χ4v) is 1.91. The Morgan fingerprint density at radius 1 is 1.77 bits per heavy atom. The highest BCUT2D eigenvalue weighted by atomic mass is 32.2. The van der Waals surface area contributed by atoms with E-state index in [0.717, 1.165) is 5.75 Å². The van der Waals surface area contributed by atoms with Crippen molar-refractivity contribution in [3.05, 3.63) is 0 Å². The van der Waals surface area contributed by atoms with E-state index in [9.17, 15) is 9.90 Å². The summed E-state index contributed by atoms with van der Waals surface area (Å²) in [4.78, 5) is 10.6. The number of amides is 1. The van der Waals surface area contributed by atoms with Crippen LogP contribution in [0.5, 0.6) is 0 Å². The molecular weight excluding hydrogens is 190 g/mol. The molecule has 76 valence electrons. The van der Waals surface area contributed by atoms with Crippen LogP contribution < -0.4 is 5.32 Å². The number of aliphatic hydroxyl groups is 1. The topological polar surface area (TPSA) is 58.6 Å². The van der Waals surface area contributed by atoms with Crippen LogP contribution in [0.25, 0.3) is 0 Å². The first-order valence-corrected chi connectivity index (χ1v) is 5.38. The van der Waals surface area contributed by atoms with Gasteiger partial charge in [0.2, 0.25) is 0 Å². The predicted octanol–water partition coefficient (Wildman–Crippen LogP) is 0.597. The van der Waals surface area contributed by atoms with E-state index in [0.29, 0.717) is 6.54 Å². The van der Waals surface area contributed by atoms with Crippen LogP contribution >= 0.6 is 11.8 Å². The summed E-state index contributed by atoms with van der Waals surface area (Å²) in [6.07, 6.45) is -0.705. The van der Waals surface area contributed by atoms with Gasteiger partial charge in [0.1, 0.15) is 6.10 Å². The van der Waals surface area contributed by atoms with Gasteiger partial charge in [-0.1, -0.05) is 6.92 Å². The van der Waals surface area contributed by atoms with Gasteiger partial charge in [0, 0.05) is 11.0 Å². The first-order valence-electron chi connectivity index (χ1n) is 4.33. The zero-order chi connectivity index (χ0) is 9.84. The number of rotatable bonds is 4. The van der Waals surface area contributed by atoms with Crippen LogP contribution in [0.1, 0.15) is 13.8 Å². The second-order valence-corrected chi connectivity index (χ2v) is 4.60. The molecule has 0 radical (unpaired) electrons. The molecule has 0 aromatic carbocycles. The molecule has 1 fully saturated rings. The highest BCUT2D eigenvalue weighted by Crippen LogP contribution is 2.17. The summed E-state index contributed by atoms with van der Waals surface area (Å²) < 4.78 is 4.94. The fourth-order valence-electron chi connectivity index (χ4n) is 0.923. The molecule has 1 heterocycles. The molecule has 0 saturated carbocycles. The standard InChI is InChI=1S/C8H15NO3S/c1-5(10)6(2)13-4-7-3-9-8(11)12-7/h5-7,10H,3-4H2,1-2H3,(H,9,11). The summed E-state index contributed by atoms with van der Waals surface area (Å²) in [6.45, 7) is 4.30. The van der Waals surface area contributed by atoms with Crippen LogP contribution in [-0.4, -0.2) is 41.0 Å². The molecule has 3 unspecified atom stereocenters. The number of thioether (sulfide) groups is 1. The van der Waals surface area contributed by atoms with Gasteiger partial charge in [-0.2, -0.15) is 11.8 Å². The van der Waals surface area contributed by atoms with E-state index >= 15 is 0 Å². The third kappa shape index (κ3) is 3.44. The van der Waals surface area contributed by atoms with Crippen LogP contribution in [0.3, 0.4) is 0 Å². The normalized spacial score (nSPS) is 26.4. The number of nitrogens with one attached hydrogen (secondary N) is 1. The Morgan fingerprint density at radius 3 is 2.92 bits per heavy atom. The van der Waals surface area contributed by atoms with Crippen LogP contribution in [0.4, 0.5) is 4.79 Å². The number of cyclic esters (lactones) is 1. The number of carbonyl (C=O) groups excluding carboxylic acids is 1. The van der Waals surface area contributed by atoms with Gasteiger partial charge in [0.25, 0.3) is 0 Å². The first kappa shape index (κ1) is 10.7. The summed E-state index contributed by atoms with van der Waals surface area (Å²) >= 11 is 1.62. The molecule has 3 atom stereocenters. The maximum atomic E-state index is 10.6. The van der Waals surface area contributed by atoms with E-state index in [4.69, 9.17) is 4.74 Å². The number of hydrogen-bond donors (Lipinski definition) is 2. The van der Waals surface area contributed by atoms with Crippen molar-refractivity contribution in [2.45, 2.75) is 31.3 Å². The minimum absolute atomic E-state index is 0.0429. The average Bonchev–Trinajstić information content (AvgIpc) is 2.47. The molecule has 0 bridgehead atoms. The van der Waals surface area contributed by atoms with Crippen molar-refractivity contribution < 1.29 is 14.6 Å². The molecule has 1 aliphatic rings. The highest BCUT2D eigenvalue weighted by Gasteiger charge is 2.23. The van der Waals surface area contributed by atoms with Crippen LogP contribution in [0.2, 0.25) is 0 Å². The molecule has 2 N–H and O–H groups in total. The molecular formula is C8H15NO3S. The molecule has 0 aliphatic carbocycles. The smallest absolute Gasteiger partial charge is 0.407 e. The Labute approximate surface area is 82.0 Å². The summed E-state index contributed by atoms with van der Waals surface area (Å²) in [6, 6.07) is 0. The summed E-state index contributed by atoms with van der Waals surface area (Å²) in [5.74, 6) is 0.741. The largest absolute Gasteiger partial charge is 0.443 e. The lowest BCUT2D eigenvalue weighted by atomic mass is 10.3. The van der Waals surface area contributed by atoms with Gasteiger partial charge < -0.3 is 15.2 Å². The zero-order valence-electron chi connectivity index (χ0n) is 7.82. The molecule has 1 aliphatic heterocycles. The molecule has 0 aromatic heterocycles. The van der Waals surface area contributed by atoms with Crippen LogP contribution in [0.15, 0.2) is 0 Å². The third-order valence-corrected chi connectivity index (χ3v) is 3.46. The molecule has 13 heavy (non-hydrogen) atoms. The first-order chi connectivity index (χ1) is 6.09. The third-order valence-electron chi connectivity index (χ3n) is 1.97. The van der Waals surface area contributed by atoms with Crippen molar-refractivity contribution >= 4 is 17.9 Å². The molecule has 1 saturated heterocycles. The van der Waals surface area contributed by atoms with Gasteiger partial charge in [0.15, 0.2) is 0 Å². The van der Waals surface area contributed by atoms with Gasteiger partial charge in [-0.25, -0.2) is 4.79 Å².